The lowest BCUT2D eigenvalue weighted by Gasteiger charge is -2.23. The first kappa shape index (κ1) is 13.2. The minimum atomic E-state index is -0.107. The molecule has 90 valence electrons. The maximum atomic E-state index is 5.68. The Morgan fingerprint density at radius 2 is 2.06 bits per heavy atom. The number of rotatable bonds is 5. The van der Waals surface area contributed by atoms with Crippen LogP contribution in [0, 0.1) is 0 Å². The summed E-state index contributed by atoms with van der Waals surface area (Å²) in [7, 11) is 1.76. The molecule has 0 aliphatic carbocycles. The van der Waals surface area contributed by atoms with Crippen LogP contribution in [0.4, 0.5) is 0 Å². The maximum Gasteiger partial charge on any atom is 0.0662 e. The van der Waals surface area contributed by atoms with Gasteiger partial charge in [0.05, 0.1) is 5.60 Å². The number of hydrogen-bond acceptors (Lipinski definition) is 2. The van der Waals surface area contributed by atoms with E-state index in [4.69, 9.17) is 10.5 Å². The van der Waals surface area contributed by atoms with Crippen LogP contribution in [0.2, 0.25) is 0 Å². The monoisotopic (exact) mass is 221 g/mol. The number of nitrogens with two attached hydrogens (primary N) is 1. The molecule has 0 heterocycles. The van der Waals surface area contributed by atoms with E-state index >= 15 is 0 Å². The van der Waals surface area contributed by atoms with Crippen molar-refractivity contribution >= 4 is 0 Å². The Balaban J connectivity index is 2.82. The third-order valence-electron chi connectivity index (χ3n) is 3.06. The van der Waals surface area contributed by atoms with E-state index in [1.165, 1.54) is 11.1 Å². The highest BCUT2D eigenvalue weighted by Gasteiger charge is 2.17. The van der Waals surface area contributed by atoms with Gasteiger partial charge in [0.15, 0.2) is 0 Å². The van der Waals surface area contributed by atoms with Crippen molar-refractivity contribution < 1.29 is 4.74 Å². The molecule has 1 atom stereocenters. The highest BCUT2D eigenvalue weighted by molar-refractivity contribution is 5.27. The lowest BCUT2D eigenvalue weighted by Crippen LogP contribution is -2.25. The molecule has 0 aromatic heterocycles. The Bertz CT molecular complexity index is 333. The van der Waals surface area contributed by atoms with Crippen LogP contribution in [0.1, 0.15) is 37.8 Å². The molecule has 0 bridgehead atoms. The topological polar surface area (TPSA) is 35.2 Å². The van der Waals surface area contributed by atoms with Crippen LogP contribution in [-0.4, -0.2) is 19.3 Å². The van der Waals surface area contributed by atoms with E-state index in [0.717, 1.165) is 6.42 Å². The Morgan fingerprint density at radius 3 is 2.62 bits per heavy atom. The summed E-state index contributed by atoms with van der Waals surface area (Å²) >= 11 is 0. The van der Waals surface area contributed by atoms with E-state index < -0.39 is 0 Å². The van der Waals surface area contributed by atoms with Crippen LogP contribution in [0.25, 0.3) is 0 Å². The minimum Gasteiger partial charge on any atom is -0.378 e. The van der Waals surface area contributed by atoms with Crippen molar-refractivity contribution in [3.63, 3.8) is 0 Å². The maximum absolute atomic E-state index is 5.68. The molecular weight excluding hydrogens is 198 g/mol. The quantitative estimate of drug-likeness (QED) is 0.829. The van der Waals surface area contributed by atoms with Crippen LogP contribution in [-0.2, 0) is 11.2 Å². The normalized spacial score (nSPS) is 13.8. The fraction of sp³-hybridized carbons (Fsp3) is 0.571. The lowest BCUT2D eigenvalue weighted by atomic mass is 9.93. The third-order valence-corrected chi connectivity index (χ3v) is 3.06. The van der Waals surface area contributed by atoms with E-state index in [9.17, 15) is 0 Å². The molecule has 1 aromatic rings. The van der Waals surface area contributed by atoms with E-state index in [0.29, 0.717) is 12.5 Å². The molecule has 0 spiro atoms. The van der Waals surface area contributed by atoms with Gasteiger partial charge in [-0.05, 0) is 37.4 Å². The molecule has 2 N–H and O–H groups in total. The fourth-order valence-electron chi connectivity index (χ4n) is 1.71. The van der Waals surface area contributed by atoms with Crippen molar-refractivity contribution in [2.45, 2.75) is 38.7 Å². The molecule has 2 nitrogen and oxygen atoms in total. The molecule has 1 aromatic carbocycles. The standard InChI is InChI=1S/C14H23NO/c1-11(10-15)13-7-5-6-12(8-13)9-14(2,3)16-4/h5-8,11H,9-10,15H2,1-4H3. The number of methoxy groups -OCH3 is 1. The van der Waals surface area contributed by atoms with Gasteiger partial charge < -0.3 is 10.5 Å². The summed E-state index contributed by atoms with van der Waals surface area (Å²) in [6.45, 7) is 7.05. The zero-order chi connectivity index (χ0) is 12.2. The summed E-state index contributed by atoms with van der Waals surface area (Å²) in [6, 6.07) is 8.62. The first-order chi connectivity index (χ1) is 7.48. The second-order valence-corrected chi connectivity index (χ2v) is 5.02. The first-order valence-electron chi connectivity index (χ1n) is 5.82. The molecule has 2 heteroatoms. The van der Waals surface area contributed by atoms with Gasteiger partial charge in [-0.1, -0.05) is 31.2 Å². The molecule has 0 aliphatic heterocycles. The van der Waals surface area contributed by atoms with E-state index in [-0.39, 0.29) is 5.60 Å². The smallest absolute Gasteiger partial charge is 0.0662 e. The molecule has 0 fully saturated rings. The van der Waals surface area contributed by atoms with Crippen LogP contribution in [0.15, 0.2) is 24.3 Å². The average Bonchev–Trinajstić information content (AvgIpc) is 2.28. The van der Waals surface area contributed by atoms with E-state index in [2.05, 4.69) is 45.0 Å². The van der Waals surface area contributed by atoms with Gasteiger partial charge >= 0.3 is 0 Å². The SMILES string of the molecule is COC(C)(C)Cc1cccc(C(C)CN)c1. The summed E-state index contributed by atoms with van der Waals surface area (Å²) in [6.07, 6.45) is 0.925. The molecule has 0 radical (unpaired) electrons. The van der Waals surface area contributed by atoms with Crippen molar-refractivity contribution in [2.24, 2.45) is 5.73 Å². The largest absolute Gasteiger partial charge is 0.378 e. The highest BCUT2D eigenvalue weighted by Crippen LogP contribution is 2.20. The Hall–Kier alpha value is -0.860. The van der Waals surface area contributed by atoms with Gasteiger partial charge in [-0.15, -0.1) is 0 Å². The third kappa shape index (κ3) is 3.62. The molecule has 0 amide bonds. The van der Waals surface area contributed by atoms with Crippen molar-refractivity contribution in [1.82, 2.24) is 0 Å². The molecule has 0 aliphatic rings. The fourth-order valence-corrected chi connectivity index (χ4v) is 1.71. The lowest BCUT2D eigenvalue weighted by molar-refractivity contribution is 0.0232. The van der Waals surface area contributed by atoms with E-state index in [1.54, 1.807) is 7.11 Å². The van der Waals surface area contributed by atoms with Gasteiger partial charge in [0.1, 0.15) is 0 Å². The van der Waals surface area contributed by atoms with Crippen molar-refractivity contribution in [3.8, 4) is 0 Å². The molecule has 1 rings (SSSR count). The van der Waals surface area contributed by atoms with Crippen LogP contribution in [0.3, 0.4) is 0 Å². The van der Waals surface area contributed by atoms with Crippen LogP contribution >= 0.6 is 0 Å². The zero-order valence-electron chi connectivity index (χ0n) is 10.8. The summed E-state index contributed by atoms with van der Waals surface area (Å²) in [5.41, 5.74) is 8.20. The Morgan fingerprint density at radius 1 is 1.38 bits per heavy atom. The Kier molecular flexibility index (Phi) is 4.51. The van der Waals surface area contributed by atoms with Gasteiger partial charge in [0.25, 0.3) is 0 Å². The van der Waals surface area contributed by atoms with Gasteiger partial charge in [-0.25, -0.2) is 0 Å². The summed E-state index contributed by atoms with van der Waals surface area (Å²) in [5.74, 6) is 0.422. The summed E-state index contributed by atoms with van der Waals surface area (Å²) in [5, 5.41) is 0. The summed E-state index contributed by atoms with van der Waals surface area (Å²) in [4.78, 5) is 0. The van der Waals surface area contributed by atoms with E-state index in [1.807, 2.05) is 0 Å². The van der Waals surface area contributed by atoms with Crippen molar-refractivity contribution in [2.75, 3.05) is 13.7 Å². The molecule has 0 saturated carbocycles. The van der Waals surface area contributed by atoms with Gasteiger partial charge in [-0.3, -0.25) is 0 Å². The molecular formula is C14H23NO. The molecule has 16 heavy (non-hydrogen) atoms. The second-order valence-electron chi connectivity index (χ2n) is 5.02. The van der Waals surface area contributed by atoms with Crippen molar-refractivity contribution in [1.29, 1.82) is 0 Å². The minimum absolute atomic E-state index is 0.107. The van der Waals surface area contributed by atoms with Gasteiger partial charge in [0.2, 0.25) is 0 Å². The van der Waals surface area contributed by atoms with Gasteiger partial charge in [-0.2, -0.15) is 0 Å². The zero-order valence-corrected chi connectivity index (χ0v) is 10.8. The first-order valence-corrected chi connectivity index (χ1v) is 5.82. The van der Waals surface area contributed by atoms with Crippen molar-refractivity contribution in [3.05, 3.63) is 35.4 Å². The number of ether oxygens (including phenoxy) is 1. The Labute approximate surface area is 98.8 Å². The van der Waals surface area contributed by atoms with Crippen LogP contribution < -0.4 is 5.73 Å². The number of hydrogen-bond donors (Lipinski definition) is 1. The highest BCUT2D eigenvalue weighted by atomic mass is 16.5. The summed E-state index contributed by atoms with van der Waals surface area (Å²) < 4.78 is 5.44. The predicted molar refractivity (Wildman–Crippen MR) is 68.7 cm³/mol. The molecule has 0 saturated heterocycles. The average molecular weight is 221 g/mol. The van der Waals surface area contributed by atoms with Gasteiger partial charge in [0, 0.05) is 13.5 Å². The predicted octanol–water partition coefficient (Wildman–Crippen LogP) is 2.72. The second kappa shape index (κ2) is 5.46. The number of benzene rings is 1. The molecule has 1 unspecified atom stereocenters. The van der Waals surface area contributed by atoms with Crippen LogP contribution in [0.5, 0.6) is 0 Å².